The third kappa shape index (κ3) is 3.14. The summed E-state index contributed by atoms with van der Waals surface area (Å²) in [6.45, 7) is 4.53. The Morgan fingerprint density at radius 3 is 3.00 bits per heavy atom. The van der Waals surface area contributed by atoms with E-state index in [1.165, 1.54) is 0 Å². The number of pyridine rings is 1. The van der Waals surface area contributed by atoms with Gasteiger partial charge in [-0.2, -0.15) is 0 Å². The number of carbonyl (C=O) groups excluding carboxylic acids is 1. The molecule has 0 fully saturated rings. The lowest BCUT2D eigenvalue weighted by Crippen LogP contribution is -2.26. The molecule has 0 aromatic carbocycles. The van der Waals surface area contributed by atoms with Gasteiger partial charge in [0, 0.05) is 12.3 Å². The summed E-state index contributed by atoms with van der Waals surface area (Å²) in [5.41, 5.74) is 1.25. The van der Waals surface area contributed by atoms with Crippen LogP contribution in [0.2, 0.25) is 0 Å². The third-order valence-electron chi connectivity index (χ3n) is 1.66. The molecular weight excluding hydrogens is 180 g/mol. The summed E-state index contributed by atoms with van der Waals surface area (Å²) in [5, 5.41) is 2.60. The van der Waals surface area contributed by atoms with Gasteiger partial charge in [-0.15, -0.1) is 0 Å². The lowest BCUT2D eigenvalue weighted by molar-refractivity contribution is 0.0812. The maximum Gasteiger partial charge on any atom is 0.271 e. The normalized spacial score (nSPS) is 9.86. The Bertz CT molecular complexity index is 313. The molecular formula is C10H14N2O2. The quantitative estimate of drug-likeness (QED) is 0.577. The zero-order valence-corrected chi connectivity index (χ0v) is 8.41. The Morgan fingerprint density at radius 2 is 2.36 bits per heavy atom. The Labute approximate surface area is 83.3 Å². The van der Waals surface area contributed by atoms with Crippen molar-refractivity contribution in [2.45, 2.75) is 13.8 Å². The average Bonchev–Trinajstić information content (AvgIpc) is 2.18. The Balaban J connectivity index is 2.52. The first kappa shape index (κ1) is 10.7. The highest BCUT2D eigenvalue weighted by Crippen LogP contribution is 1.97. The van der Waals surface area contributed by atoms with Crippen molar-refractivity contribution in [2.75, 3.05) is 13.3 Å². The van der Waals surface area contributed by atoms with Gasteiger partial charge < -0.3 is 10.1 Å². The molecule has 4 nitrogen and oxygen atoms in total. The molecule has 0 spiro atoms. The van der Waals surface area contributed by atoms with E-state index in [0.29, 0.717) is 12.3 Å². The highest BCUT2D eigenvalue weighted by molar-refractivity contribution is 5.92. The first-order valence-electron chi connectivity index (χ1n) is 4.53. The fraction of sp³-hybridized carbons (Fsp3) is 0.400. The summed E-state index contributed by atoms with van der Waals surface area (Å²) >= 11 is 0. The van der Waals surface area contributed by atoms with E-state index >= 15 is 0 Å². The van der Waals surface area contributed by atoms with E-state index in [1.54, 1.807) is 12.1 Å². The number of nitrogens with one attached hydrogen (secondary N) is 1. The standard InChI is InChI=1S/C10H14N2O2/c1-3-14-7-11-10(13)9-6-4-5-8(2)12-9/h4-6H,3,7H2,1-2H3,(H,11,13). The van der Waals surface area contributed by atoms with Gasteiger partial charge in [-0.3, -0.25) is 4.79 Å². The van der Waals surface area contributed by atoms with Crippen LogP contribution in [0.3, 0.4) is 0 Å². The lowest BCUT2D eigenvalue weighted by atomic mass is 10.3. The highest BCUT2D eigenvalue weighted by atomic mass is 16.5. The smallest absolute Gasteiger partial charge is 0.271 e. The van der Waals surface area contributed by atoms with Gasteiger partial charge in [0.1, 0.15) is 12.4 Å². The second-order valence-corrected chi connectivity index (χ2v) is 2.81. The molecule has 1 amide bonds. The van der Waals surface area contributed by atoms with Crippen LogP contribution in [0.25, 0.3) is 0 Å². The summed E-state index contributed by atoms with van der Waals surface area (Å²) in [5.74, 6) is -0.206. The Kier molecular flexibility index (Phi) is 4.07. The average molecular weight is 194 g/mol. The van der Waals surface area contributed by atoms with Crippen LogP contribution in [0.4, 0.5) is 0 Å². The minimum Gasteiger partial charge on any atom is -0.362 e. The predicted molar refractivity (Wildman–Crippen MR) is 52.9 cm³/mol. The largest absolute Gasteiger partial charge is 0.362 e. The number of nitrogens with zero attached hydrogens (tertiary/aromatic N) is 1. The second-order valence-electron chi connectivity index (χ2n) is 2.81. The molecule has 0 saturated carbocycles. The van der Waals surface area contributed by atoms with Crippen molar-refractivity contribution in [2.24, 2.45) is 0 Å². The molecule has 1 heterocycles. The van der Waals surface area contributed by atoms with Gasteiger partial charge in [0.05, 0.1) is 0 Å². The molecule has 0 atom stereocenters. The van der Waals surface area contributed by atoms with Crippen LogP contribution < -0.4 is 5.32 Å². The van der Waals surface area contributed by atoms with Gasteiger partial charge in [-0.25, -0.2) is 4.98 Å². The van der Waals surface area contributed by atoms with Gasteiger partial charge in [0.15, 0.2) is 0 Å². The van der Waals surface area contributed by atoms with Crippen LogP contribution >= 0.6 is 0 Å². The summed E-state index contributed by atoms with van der Waals surface area (Å²) in [7, 11) is 0. The molecule has 0 aliphatic heterocycles. The first-order chi connectivity index (χ1) is 6.74. The molecule has 14 heavy (non-hydrogen) atoms. The van der Waals surface area contributed by atoms with Gasteiger partial charge in [0.2, 0.25) is 0 Å². The van der Waals surface area contributed by atoms with Crippen molar-refractivity contribution in [3.63, 3.8) is 0 Å². The van der Waals surface area contributed by atoms with Crippen molar-refractivity contribution < 1.29 is 9.53 Å². The molecule has 0 bridgehead atoms. The first-order valence-corrected chi connectivity index (χ1v) is 4.53. The molecule has 0 unspecified atom stereocenters. The van der Waals surface area contributed by atoms with Crippen molar-refractivity contribution in [1.82, 2.24) is 10.3 Å². The highest BCUT2D eigenvalue weighted by Gasteiger charge is 2.05. The maximum atomic E-state index is 11.4. The van der Waals surface area contributed by atoms with Crippen LogP contribution in [0, 0.1) is 6.92 Å². The molecule has 0 radical (unpaired) electrons. The number of hydrogen-bond acceptors (Lipinski definition) is 3. The van der Waals surface area contributed by atoms with E-state index in [-0.39, 0.29) is 12.6 Å². The topological polar surface area (TPSA) is 51.2 Å². The molecule has 1 N–H and O–H groups in total. The molecule has 76 valence electrons. The summed E-state index contributed by atoms with van der Waals surface area (Å²) < 4.78 is 5.00. The molecule has 0 aliphatic rings. The van der Waals surface area contributed by atoms with Crippen LogP contribution in [0.1, 0.15) is 23.1 Å². The zero-order chi connectivity index (χ0) is 10.4. The molecule has 1 aromatic rings. The summed E-state index contributed by atoms with van der Waals surface area (Å²) in [6, 6.07) is 5.32. The molecule has 4 heteroatoms. The van der Waals surface area contributed by atoms with E-state index in [1.807, 2.05) is 19.9 Å². The molecule has 0 aliphatic carbocycles. The third-order valence-corrected chi connectivity index (χ3v) is 1.66. The molecule has 0 saturated heterocycles. The molecule has 1 rings (SSSR count). The number of amides is 1. The maximum absolute atomic E-state index is 11.4. The summed E-state index contributed by atoms with van der Waals surface area (Å²) in [6.07, 6.45) is 0. The van der Waals surface area contributed by atoms with Gasteiger partial charge in [0.25, 0.3) is 5.91 Å². The van der Waals surface area contributed by atoms with E-state index in [0.717, 1.165) is 5.69 Å². The van der Waals surface area contributed by atoms with Crippen LogP contribution in [-0.4, -0.2) is 24.2 Å². The number of rotatable bonds is 4. The van der Waals surface area contributed by atoms with Crippen molar-refractivity contribution in [1.29, 1.82) is 0 Å². The van der Waals surface area contributed by atoms with Gasteiger partial charge in [-0.1, -0.05) is 6.07 Å². The lowest BCUT2D eigenvalue weighted by Gasteiger charge is -2.04. The minimum atomic E-state index is -0.206. The van der Waals surface area contributed by atoms with E-state index < -0.39 is 0 Å². The number of carbonyl (C=O) groups is 1. The zero-order valence-electron chi connectivity index (χ0n) is 8.41. The van der Waals surface area contributed by atoms with E-state index in [9.17, 15) is 4.79 Å². The van der Waals surface area contributed by atoms with Gasteiger partial charge >= 0.3 is 0 Å². The Hall–Kier alpha value is -1.42. The van der Waals surface area contributed by atoms with E-state index in [2.05, 4.69) is 10.3 Å². The second kappa shape index (κ2) is 5.34. The van der Waals surface area contributed by atoms with Crippen LogP contribution in [0.15, 0.2) is 18.2 Å². The SMILES string of the molecule is CCOCNC(=O)c1cccc(C)n1. The fourth-order valence-corrected chi connectivity index (χ4v) is 0.979. The van der Waals surface area contributed by atoms with Crippen molar-refractivity contribution in [3.8, 4) is 0 Å². The van der Waals surface area contributed by atoms with Crippen molar-refractivity contribution >= 4 is 5.91 Å². The Morgan fingerprint density at radius 1 is 1.57 bits per heavy atom. The van der Waals surface area contributed by atoms with Crippen LogP contribution in [0.5, 0.6) is 0 Å². The van der Waals surface area contributed by atoms with Crippen LogP contribution in [-0.2, 0) is 4.74 Å². The number of aryl methyl sites for hydroxylation is 1. The fourth-order valence-electron chi connectivity index (χ4n) is 0.979. The monoisotopic (exact) mass is 194 g/mol. The number of ether oxygens (including phenoxy) is 1. The number of hydrogen-bond donors (Lipinski definition) is 1. The van der Waals surface area contributed by atoms with Crippen molar-refractivity contribution in [3.05, 3.63) is 29.6 Å². The summed E-state index contributed by atoms with van der Waals surface area (Å²) in [4.78, 5) is 15.5. The predicted octanol–water partition coefficient (Wildman–Crippen LogP) is 1.11. The molecule has 1 aromatic heterocycles. The van der Waals surface area contributed by atoms with E-state index in [4.69, 9.17) is 4.74 Å². The number of aromatic nitrogens is 1. The van der Waals surface area contributed by atoms with Gasteiger partial charge in [-0.05, 0) is 26.0 Å². The minimum absolute atomic E-state index is 0.206.